The smallest absolute Gasteiger partial charge is 0.407 e. The van der Waals surface area contributed by atoms with Crippen molar-refractivity contribution in [2.45, 2.75) is 6.10 Å². The van der Waals surface area contributed by atoms with Gasteiger partial charge in [-0.2, -0.15) is 19.6 Å². The maximum absolute atomic E-state index is 11.1. The Morgan fingerprint density at radius 2 is 2.12 bits per heavy atom. The zero-order chi connectivity index (χ0) is 17.7. The first-order valence-corrected chi connectivity index (χ1v) is 6.98. The fourth-order valence-electron chi connectivity index (χ4n) is 2.32. The Bertz CT molecular complexity index is 592. The lowest BCUT2D eigenvalue weighted by Crippen LogP contribution is -2.57. The van der Waals surface area contributed by atoms with Crippen molar-refractivity contribution in [2.75, 3.05) is 40.5 Å². The van der Waals surface area contributed by atoms with Gasteiger partial charge in [0.25, 0.3) is 0 Å². The minimum Gasteiger partial charge on any atom is -0.465 e. The lowest BCUT2D eigenvalue weighted by molar-refractivity contribution is -0.385. The van der Waals surface area contributed by atoms with Gasteiger partial charge in [0.15, 0.2) is 6.54 Å². The number of nitrogens with zero attached hydrogens (tertiary/aromatic N) is 5. The van der Waals surface area contributed by atoms with Crippen LogP contribution in [0.5, 0.6) is 0 Å². The van der Waals surface area contributed by atoms with Crippen molar-refractivity contribution < 1.29 is 29.2 Å². The summed E-state index contributed by atoms with van der Waals surface area (Å²) in [5, 5.41) is 19.8. The van der Waals surface area contributed by atoms with Crippen LogP contribution in [0.4, 0.5) is 16.4 Å². The van der Waals surface area contributed by atoms with Crippen molar-refractivity contribution >= 4 is 17.7 Å². The summed E-state index contributed by atoms with van der Waals surface area (Å²) in [4.78, 5) is 40.3. The van der Waals surface area contributed by atoms with Gasteiger partial charge in [-0.05, 0) is 0 Å². The Morgan fingerprint density at radius 3 is 2.62 bits per heavy atom. The second-order valence-corrected chi connectivity index (χ2v) is 4.94. The molecule has 12 nitrogen and oxygen atoms in total. The zero-order valence-corrected chi connectivity index (χ0v) is 13.2. The molecule has 1 unspecified atom stereocenters. The highest BCUT2D eigenvalue weighted by atomic mass is 17.0. The third kappa shape index (κ3) is 3.73. The topological polar surface area (TPSA) is 137 Å². The molecule has 1 saturated heterocycles. The predicted octanol–water partition coefficient (Wildman–Crippen LogP) is 0.194. The van der Waals surface area contributed by atoms with Gasteiger partial charge in [0.05, 0.1) is 18.1 Å². The van der Waals surface area contributed by atoms with Gasteiger partial charge < -0.3 is 14.7 Å². The number of morpholine rings is 1. The fraction of sp³-hybridized carbons (Fsp3) is 0.583. The standard InChI is InChI=1S/C12H17N5O7/c1-22-17(23-2,11-13-5-9(6-14-11)16(20)21)8-10-7-15(12(18)19)3-4-24-10/h5-6,10H,3-4,7-8H2,1-2H3/p+1. The van der Waals surface area contributed by atoms with Crippen LogP contribution in [0.15, 0.2) is 12.4 Å². The van der Waals surface area contributed by atoms with E-state index in [0.29, 0.717) is 0 Å². The normalized spacial score (nSPS) is 18.4. The van der Waals surface area contributed by atoms with Crippen molar-refractivity contribution in [3.63, 3.8) is 0 Å². The number of aromatic nitrogens is 2. The second kappa shape index (κ2) is 7.44. The van der Waals surface area contributed by atoms with Crippen LogP contribution in [0.3, 0.4) is 0 Å². The number of rotatable bonds is 6. The molecule has 0 bridgehead atoms. The van der Waals surface area contributed by atoms with Crippen molar-refractivity contribution in [3.8, 4) is 0 Å². The highest BCUT2D eigenvalue weighted by Crippen LogP contribution is 2.22. The molecule has 0 radical (unpaired) electrons. The average molecular weight is 344 g/mol. The molecule has 12 heteroatoms. The Kier molecular flexibility index (Phi) is 5.56. The van der Waals surface area contributed by atoms with Gasteiger partial charge in [-0.1, -0.05) is 0 Å². The monoisotopic (exact) mass is 344 g/mol. The van der Waals surface area contributed by atoms with E-state index in [4.69, 9.17) is 19.5 Å². The van der Waals surface area contributed by atoms with Gasteiger partial charge in [0, 0.05) is 11.4 Å². The summed E-state index contributed by atoms with van der Waals surface area (Å²) >= 11 is 0. The average Bonchev–Trinajstić information content (AvgIpc) is 2.60. The van der Waals surface area contributed by atoms with E-state index < -0.39 is 21.9 Å². The second-order valence-electron chi connectivity index (χ2n) is 4.94. The van der Waals surface area contributed by atoms with E-state index in [1.54, 1.807) is 0 Å². The van der Waals surface area contributed by atoms with E-state index >= 15 is 0 Å². The van der Waals surface area contributed by atoms with Crippen molar-refractivity contribution in [1.29, 1.82) is 0 Å². The van der Waals surface area contributed by atoms with E-state index in [1.807, 2.05) is 0 Å². The van der Waals surface area contributed by atoms with Crippen LogP contribution < -0.4 is 4.81 Å². The van der Waals surface area contributed by atoms with E-state index in [1.165, 1.54) is 19.1 Å². The Labute approximate surface area is 136 Å². The zero-order valence-electron chi connectivity index (χ0n) is 13.2. The van der Waals surface area contributed by atoms with E-state index in [9.17, 15) is 14.9 Å². The van der Waals surface area contributed by atoms with Crippen LogP contribution in [0, 0.1) is 10.1 Å². The van der Waals surface area contributed by atoms with Gasteiger partial charge in [-0.25, -0.2) is 4.79 Å². The van der Waals surface area contributed by atoms with Gasteiger partial charge in [-0.15, -0.1) is 0 Å². The molecule has 0 saturated carbocycles. The van der Waals surface area contributed by atoms with E-state index in [-0.39, 0.29) is 37.9 Å². The van der Waals surface area contributed by atoms with Gasteiger partial charge in [0.1, 0.15) is 32.7 Å². The van der Waals surface area contributed by atoms with Gasteiger partial charge >= 0.3 is 17.7 Å². The largest absolute Gasteiger partial charge is 0.465 e. The third-order valence-corrected chi connectivity index (χ3v) is 3.58. The lowest BCUT2D eigenvalue weighted by Gasteiger charge is -2.34. The molecule has 1 N–H and O–H groups in total. The number of ether oxygens (including phenoxy) is 1. The summed E-state index contributed by atoms with van der Waals surface area (Å²) < 4.78 is 5.56. The van der Waals surface area contributed by atoms with Crippen molar-refractivity contribution in [1.82, 2.24) is 19.7 Å². The fourth-order valence-corrected chi connectivity index (χ4v) is 2.32. The van der Waals surface area contributed by atoms with Crippen LogP contribution in [0.1, 0.15) is 0 Å². The molecule has 0 spiro atoms. The van der Waals surface area contributed by atoms with Crippen LogP contribution in [-0.4, -0.2) is 77.6 Å². The summed E-state index contributed by atoms with van der Waals surface area (Å²) in [5.74, 6) is 0.0293. The van der Waals surface area contributed by atoms with Crippen LogP contribution in [0.2, 0.25) is 0 Å². The number of hydroxylamine groups is 2. The molecule has 0 aromatic carbocycles. The van der Waals surface area contributed by atoms with Crippen LogP contribution in [0.25, 0.3) is 0 Å². The maximum Gasteiger partial charge on any atom is 0.407 e. The molecule has 1 amide bonds. The number of nitro groups is 1. The summed E-state index contributed by atoms with van der Waals surface area (Å²) in [6.45, 7) is 0.717. The summed E-state index contributed by atoms with van der Waals surface area (Å²) in [6, 6.07) is 0. The van der Waals surface area contributed by atoms with Gasteiger partial charge in [-0.3, -0.25) is 10.1 Å². The quantitative estimate of drug-likeness (QED) is 0.435. The SMILES string of the molecule is CO[N+](CC1CN(C(=O)O)CCO1)(OC)c1ncc([N+](=O)[O-])cn1. The minimum atomic E-state index is -1.04. The Balaban J connectivity index is 2.20. The molecule has 1 aromatic heterocycles. The number of amides is 1. The van der Waals surface area contributed by atoms with E-state index in [2.05, 4.69) is 9.97 Å². The van der Waals surface area contributed by atoms with Crippen molar-refractivity contribution in [3.05, 3.63) is 22.5 Å². The molecule has 132 valence electrons. The molecule has 1 fully saturated rings. The molecule has 1 atom stereocenters. The van der Waals surface area contributed by atoms with Gasteiger partial charge in [0.2, 0.25) is 0 Å². The molecule has 1 aromatic rings. The molecule has 2 heterocycles. The number of hydrogen-bond donors (Lipinski definition) is 1. The number of carboxylic acid groups (broad SMARTS) is 1. The molecule has 0 aliphatic carbocycles. The number of quaternary nitrogens is 1. The molecule has 24 heavy (non-hydrogen) atoms. The maximum atomic E-state index is 11.1. The summed E-state index contributed by atoms with van der Waals surface area (Å²) in [5.41, 5.74) is -0.268. The van der Waals surface area contributed by atoms with E-state index in [0.717, 1.165) is 12.4 Å². The predicted molar refractivity (Wildman–Crippen MR) is 78.7 cm³/mol. The summed E-state index contributed by atoms with van der Waals surface area (Å²) in [7, 11) is 2.71. The molecular weight excluding hydrogens is 326 g/mol. The summed E-state index contributed by atoms with van der Waals surface area (Å²) in [6.07, 6.45) is 0.522. The molecular formula is C12H18N5O7+. The van der Waals surface area contributed by atoms with Crippen LogP contribution >= 0.6 is 0 Å². The molecule has 1 aliphatic heterocycles. The van der Waals surface area contributed by atoms with Crippen LogP contribution in [-0.2, 0) is 14.4 Å². The Hall–Kier alpha value is -2.41. The highest BCUT2D eigenvalue weighted by molar-refractivity contribution is 5.65. The molecule has 2 rings (SSSR count). The lowest BCUT2D eigenvalue weighted by atomic mass is 10.2. The first kappa shape index (κ1) is 17.9. The first-order valence-electron chi connectivity index (χ1n) is 6.98. The van der Waals surface area contributed by atoms with Crippen molar-refractivity contribution in [2.24, 2.45) is 0 Å². The Morgan fingerprint density at radius 1 is 1.50 bits per heavy atom. The first-order chi connectivity index (χ1) is 11.4. The molecule has 1 aliphatic rings. The number of hydrogen-bond acceptors (Lipinski definition) is 8. The third-order valence-electron chi connectivity index (χ3n) is 3.58. The minimum absolute atomic E-state index is 0.0293. The number of carbonyl (C=O) groups is 1. The highest BCUT2D eigenvalue weighted by Gasteiger charge is 2.42.